The molecule has 0 saturated heterocycles. The molecule has 3 rings (SSSR count). The molecule has 28 heavy (non-hydrogen) atoms. The fraction of sp³-hybridized carbons (Fsp3) is 0.364. The van der Waals surface area contributed by atoms with Crippen LogP contribution in [0.2, 0.25) is 0 Å². The lowest BCUT2D eigenvalue weighted by atomic mass is 10.1. The van der Waals surface area contributed by atoms with Crippen LogP contribution in [0, 0.1) is 6.92 Å². The number of aromatic nitrogens is 2. The predicted molar refractivity (Wildman–Crippen MR) is 116 cm³/mol. The van der Waals surface area contributed by atoms with Crippen molar-refractivity contribution in [2.24, 2.45) is 7.05 Å². The van der Waals surface area contributed by atoms with E-state index in [0.717, 1.165) is 24.3 Å². The Morgan fingerprint density at radius 2 is 1.93 bits per heavy atom. The van der Waals surface area contributed by atoms with Gasteiger partial charge in [-0.25, -0.2) is 0 Å². The molecule has 0 spiro atoms. The summed E-state index contributed by atoms with van der Waals surface area (Å²) in [5.41, 5.74) is 3.64. The number of likely N-dealkylation sites (N-methyl/N-ethyl adjacent to an activating group) is 1. The second-order valence-electron chi connectivity index (χ2n) is 6.87. The van der Waals surface area contributed by atoms with Crippen molar-refractivity contribution < 1.29 is 4.79 Å². The molecule has 1 N–H and O–H groups in total. The molecule has 5 nitrogen and oxygen atoms in total. The number of thiophene rings is 1. The van der Waals surface area contributed by atoms with Crippen LogP contribution in [0.1, 0.15) is 40.8 Å². The van der Waals surface area contributed by atoms with Crippen LogP contribution in [0.15, 0.2) is 47.8 Å². The fourth-order valence-electron chi connectivity index (χ4n) is 3.41. The molecule has 1 atom stereocenters. The molecule has 0 aliphatic heterocycles. The van der Waals surface area contributed by atoms with E-state index in [1.807, 2.05) is 13.1 Å². The maximum absolute atomic E-state index is 12.8. The van der Waals surface area contributed by atoms with Crippen molar-refractivity contribution >= 4 is 17.2 Å². The van der Waals surface area contributed by atoms with E-state index < -0.39 is 0 Å². The van der Waals surface area contributed by atoms with Crippen LogP contribution in [-0.4, -0.2) is 40.2 Å². The van der Waals surface area contributed by atoms with E-state index in [1.165, 1.54) is 10.4 Å². The number of benzene rings is 1. The van der Waals surface area contributed by atoms with E-state index >= 15 is 0 Å². The number of aryl methyl sites for hydroxylation is 2. The van der Waals surface area contributed by atoms with Crippen LogP contribution in [0.3, 0.4) is 0 Å². The van der Waals surface area contributed by atoms with Gasteiger partial charge >= 0.3 is 0 Å². The second-order valence-corrected chi connectivity index (χ2v) is 7.85. The van der Waals surface area contributed by atoms with Crippen molar-refractivity contribution in [3.05, 3.63) is 64.0 Å². The van der Waals surface area contributed by atoms with Crippen molar-refractivity contribution in [3.63, 3.8) is 0 Å². The average molecular weight is 397 g/mol. The van der Waals surface area contributed by atoms with Crippen molar-refractivity contribution in [1.29, 1.82) is 0 Å². The summed E-state index contributed by atoms with van der Waals surface area (Å²) in [6.07, 6.45) is 0. The third-order valence-electron chi connectivity index (χ3n) is 5.04. The molecule has 0 fully saturated rings. The van der Waals surface area contributed by atoms with Gasteiger partial charge in [0.2, 0.25) is 0 Å². The molecule has 1 aromatic carbocycles. The zero-order chi connectivity index (χ0) is 20.1. The number of carbonyl (C=O) groups is 1. The van der Waals surface area contributed by atoms with Gasteiger partial charge < -0.3 is 5.32 Å². The summed E-state index contributed by atoms with van der Waals surface area (Å²) < 4.78 is 1.76. The van der Waals surface area contributed by atoms with Gasteiger partial charge in [0.25, 0.3) is 5.91 Å². The summed E-state index contributed by atoms with van der Waals surface area (Å²) in [5.74, 6) is -0.136. The quantitative estimate of drug-likeness (QED) is 0.619. The van der Waals surface area contributed by atoms with Crippen molar-refractivity contribution in [2.45, 2.75) is 26.8 Å². The Bertz CT molecular complexity index is 895. The number of hydrogen-bond acceptors (Lipinski definition) is 4. The Hall–Kier alpha value is -2.44. The molecule has 2 aromatic heterocycles. The molecule has 0 aliphatic carbocycles. The Morgan fingerprint density at radius 1 is 1.21 bits per heavy atom. The van der Waals surface area contributed by atoms with Crippen molar-refractivity contribution in [1.82, 2.24) is 20.0 Å². The van der Waals surface area contributed by atoms with Gasteiger partial charge in [0, 0.05) is 18.5 Å². The molecule has 2 heterocycles. The maximum atomic E-state index is 12.8. The van der Waals surface area contributed by atoms with Gasteiger partial charge in [-0.3, -0.25) is 14.4 Å². The molecular weight excluding hydrogens is 368 g/mol. The summed E-state index contributed by atoms with van der Waals surface area (Å²) in [6.45, 7) is 8.81. The van der Waals surface area contributed by atoms with Crippen LogP contribution in [0.25, 0.3) is 11.3 Å². The van der Waals surface area contributed by atoms with Crippen LogP contribution >= 0.6 is 11.3 Å². The zero-order valence-electron chi connectivity index (χ0n) is 17.0. The lowest BCUT2D eigenvalue weighted by molar-refractivity contribution is 0.0930. The average Bonchev–Trinajstić information content (AvgIpc) is 3.35. The highest BCUT2D eigenvalue weighted by Gasteiger charge is 2.21. The fourth-order valence-corrected chi connectivity index (χ4v) is 4.27. The van der Waals surface area contributed by atoms with E-state index in [2.05, 4.69) is 77.9 Å². The molecule has 1 amide bonds. The second kappa shape index (κ2) is 9.17. The summed E-state index contributed by atoms with van der Waals surface area (Å²) in [5, 5.41) is 9.60. The molecule has 0 radical (unpaired) electrons. The number of amides is 1. The standard InChI is InChI=1S/C22H28N4OS/c1-5-26(6-2)20(21-8-7-13-28-21)15-23-22(27)18-14-19(25(4)24-18)17-11-9-16(3)10-12-17/h7-14,20H,5-6,15H2,1-4H3,(H,23,27). The van der Waals surface area contributed by atoms with E-state index in [4.69, 9.17) is 0 Å². The minimum absolute atomic E-state index is 0.136. The van der Waals surface area contributed by atoms with Crippen LogP contribution in [-0.2, 0) is 7.05 Å². The molecule has 3 aromatic rings. The lowest BCUT2D eigenvalue weighted by Crippen LogP contribution is -2.37. The molecular formula is C22H28N4OS. The maximum Gasteiger partial charge on any atom is 0.271 e. The van der Waals surface area contributed by atoms with E-state index in [-0.39, 0.29) is 11.9 Å². The minimum atomic E-state index is -0.136. The normalized spacial score (nSPS) is 12.3. The first kappa shape index (κ1) is 20.3. The Kier molecular flexibility index (Phi) is 6.65. The van der Waals surface area contributed by atoms with Gasteiger partial charge in [0.1, 0.15) is 0 Å². The van der Waals surface area contributed by atoms with E-state index in [1.54, 1.807) is 16.0 Å². The van der Waals surface area contributed by atoms with Gasteiger partial charge in [0.05, 0.1) is 11.7 Å². The summed E-state index contributed by atoms with van der Waals surface area (Å²) in [4.78, 5) is 16.4. The third kappa shape index (κ3) is 4.51. The van der Waals surface area contributed by atoms with Gasteiger partial charge in [-0.1, -0.05) is 49.7 Å². The first-order valence-electron chi connectivity index (χ1n) is 9.70. The molecule has 1 unspecified atom stereocenters. The van der Waals surface area contributed by atoms with Gasteiger partial charge in [-0.05, 0) is 43.1 Å². The molecule has 0 bridgehead atoms. The van der Waals surface area contributed by atoms with Gasteiger partial charge in [0.15, 0.2) is 5.69 Å². The summed E-state index contributed by atoms with van der Waals surface area (Å²) >= 11 is 1.73. The predicted octanol–water partition coefficient (Wildman–Crippen LogP) is 4.27. The van der Waals surface area contributed by atoms with Crippen LogP contribution < -0.4 is 5.32 Å². The largest absolute Gasteiger partial charge is 0.349 e. The SMILES string of the molecule is CCN(CC)C(CNC(=O)c1cc(-c2ccc(C)cc2)n(C)n1)c1cccs1. The smallest absolute Gasteiger partial charge is 0.271 e. The molecule has 0 aliphatic rings. The van der Waals surface area contributed by atoms with Gasteiger partial charge in [-0.15, -0.1) is 11.3 Å². The lowest BCUT2D eigenvalue weighted by Gasteiger charge is -2.29. The zero-order valence-corrected chi connectivity index (χ0v) is 17.8. The van der Waals surface area contributed by atoms with E-state index in [0.29, 0.717) is 12.2 Å². The molecule has 148 valence electrons. The number of rotatable bonds is 8. The van der Waals surface area contributed by atoms with Crippen LogP contribution in [0.4, 0.5) is 0 Å². The molecule has 6 heteroatoms. The highest BCUT2D eigenvalue weighted by Crippen LogP contribution is 2.25. The number of nitrogens with one attached hydrogen (secondary N) is 1. The van der Waals surface area contributed by atoms with E-state index in [9.17, 15) is 4.79 Å². The molecule has 0 saturated carbocycles. The monoisotopic (exact) mass is 396 g/mol. The first-order chi connectivity index (χ1) is 13.5. The number of carbonyl (C=O) groups excluding carboxylic acids is 1. The topological polar surface area (TPSA) is 50.2 Å². The number of nitrogens with zero attached hydrogens (tertiary/aromatic N) is 3. The number of hydrogen-bond donors (Lipinski definition) is 1. The Morgan fingerprint density at radius 3 is 2.54 bits per heavy atom. The highest BCUT2D eigenvalue weighted by atomic mass is 32.1. The first-order valence-corrected chi connectivity index (χ1v) is 10.6. The van der Waals surface area contributed by atoms with Crippen molar-refractivity contribution in [2.75, 3.05) is 19.6 Å². The van der Waals surface area contributed by atoms with Gasteiger partial charge in [-0.2, -0.15) is 5.10 Å². The van der Waals surface area contributed by atoms with Crippen LogP contribution in [0.5, 0.6) is 0 Å². The Balaban J connectivity index is 1.73. The summed E-state index contributed by atoms with van der Waals surface area (Å²) in [6, 6.07) is 14.5. The minimum Gasteiger partial charge on any atom is -0.349 e. The Labute approximate surface area is 171 Å². The summed E-state index contributed by atoms with van der Waals surface area (Å²) in [7, 11) is 1.87. The third-order valence-corrected chi connectivity index (χ3v) is 6.01. The highest BCUT2D eigenvalue weighted by molar-refractivity contribution is 7.10. The van der Waals surface area contributed by atoms with Crippen molar-refractivity contribution in [3.8, 4) is 11.3 Å².